The molecule has 0 aliphatic carbocycles. The number of rotatable bonds is 6. The zero-order chi connectivity index (χ0) is 25.3. The Balaban J connectivity index is 1.95. The second-order valence-electron chi connectivity index (χ2n) is 7.63. The third kappa shape index (κ3) is 4.63. The zero-order valence-electron chi connectivity index (χ0n) is 19.5. The molecule has 1 aliphatic heterocycles. The Kier molecular flexibility index (Phi) is 7.13. The first kappa shape index (κ1) is 24.7. The normalized spacial score (nSPS) is 15.5. The average molecular weight is 559 g/mol. The molecule has 35 heavy (non-hydrogen) atoms. The molecule has 3 aromatic rings. The van der Waals surface area contributed by atoms with Crippen molar-refractivity contribution in [2.45, 2.75) is 19.9 Å². The molecular weight excluding hydrogens is 536 g/mol. The number of allylic oxidation sites excluding steroid dienone is 1. The highest BCUT2D eigenvalue weighted by molar-refractivity contribution is 9.10. The molecule has 10 heteroatoms. The van der Waals surface area contributed by atoms with Gasteiger partial charge >= 0.3 is 5.97 Å². The standard InChI is InChI=1S/C25H23BrN2O6S/c1-5-34-24(31)21-13(2)27-25-28(22(21)15-7-9-18(32-3)16(26)12-15)23(30)20(35-25)11-14-6-8-17(29)19(10-14)33-4/h6-12,22,29H,5H2,1-4H3/b20-11+/t22-/m0/s1. The smallest absolute Gasteiger partial charge is 0.338 e. The van der Waals surface area contributed by atoms with Crippen LogP contribution in [0.3, 0.4) is 0 Å². The van der Waals surface area contributed by atoms with Gasteiger partial charge in [-0.3, -0.25) is 9.36 Å². The van der Waals surface area contributed by atoms with E-state index in [0.717, 1.165) is 0 Å². The predicted octanol–water partition coefficient (Wildman–Crippen LogP) is 3.28. The molecule has 8 nitrogen and oxygen atoms in total. The monoisotopic (exact) mass is 558 g/mol. The van der Waals surface area contributed by atoms with Crippen LogP contribution in [0.25, 0.3) is 6.08 Å². The van der Waals surface area contributed by atoms with Crippen LogP contribution < -0.4 is 24.4 Å². The van der Waals surface area contributed by atoms with Crippen molar-refractivity contribution < 1.29 is 24.1 Å². The van der Waals surface area contributed by atoms with Gasteiger partial charge in [0.1, 0.15) is 5.75 Å². The number of hydrogen-bond acceptors (Lipinski definition) is 8. The van der Waals surface area contributed by atoms with Crippen LogP contribution in [0.4, 0.5) is 0 Å². The Hall–Kier alpha value is -3.37. The van der Waals surface area contributed by atoms with E-state index in [9.17, 15) is 14.7 Å². The van der Waals surface area contributed by atoms with Crippen LogP contribution in [0.5, 0.6) is 17.2 Å². The zero-order valence-corrected chi connectivity index (χ0v) is 21.9. The maximum atomic E-state index is 13.7. The second-order valence-corrected chi connectivity index (χ2v) is 9.49. The number of nitrogens with zero attached hydrogens (tertiary/aromatic N) is 2. The predicted molar refractivity (Wildman–Crippen MR) is 136 cm³/mol. The lowest BCUT2D eigenvalue weighted by atomic mass is 9.96. The van der Waals surface area contributed by atoms with Crippen molar-refractivity contribution in [2.75, 3.05) is 20.8 Å². The number of methoxy groups -OCH3 is 2. The summed E-state index contributed by atoms with van der Waals surface area (Å²) < 4.78 is 18.5. The van der Waals surface area contributed by atoms with Crippen LogP contribution in [-0.4, -0.2) is 36.5 Å². The molecule has 4 rings (SSSR count). The first-order valence-electron chi connectivity index (χ1n) is 10.7. The number of esters is 1. The lowest BCUT2D eigenvalue weighted by Gasteiger charge is -2.25. The van der Waals surface area contributed by atoms with Gasteiger partial charge in [-0.05, 0) is 71.2 Å². The van der Waals surface area contributed by atoms with E-state index in [-0.39, 0.29) is 17.9 Å². The van der Waals surface area contributed by atoms with Crippen molar-refractivity contribution in [3.8, 4) is 17.2 Å². The first-order chi connectivity index (χ1) is 16.8. The van der Waals surface area contributed by atoms with E-state index in [0.29, 0.717) is 47.7 Å². The molecule has 0 spiro atoms. The molecule has 0 saturated heterocycles. The van der Waals surface area contributed by atoms with Crippen LogP contribution in [0, 0.1) is 0 Å². The molecule has 1 aromatic heterocycles. The third-order valence-corrected chi connectivity index (χ3v) is 7.11. The van der Waals surface area contributed by atoms with Crippen molar-refractivity contribution >= 4 is 39.3 Å². The summed E-state index contributed by atoms with van der Waals surface area (Å²) in [6.45, 7) is 3.66. The van der Waals surface area contributed by atoms with Gasteiger partial charge in [0.15, 0.2) is 16.3 Å². The number of halogens is 1. The van der Waals surface area contributed by atoms with Gasteiger partial charge in [-0.25, -0.2) is 9.79 Å². The highest BCUT2D eigenvalue weighted by Crippen LogP contribution is 2.35. The Bertz CT molecular complexity index is 1520. The minimum Gasteiger partial charge on any atom is -0.504 e. The fourth-order valence-corrected chi connectivity index (χ4v) is 5.50. The molecule has 2 aromatic carbocycles. The van der Waals surface area contributed by atoms with E-state index in [2.05, 4.69) is 20.9 Å². The third-order valence-electron chi connectivity index (χ3n) is 5.51. The summed E-state index contributed by atoms with van der Waals surface area (Å²) in [6.07, 6.45) is 1.70. The van der Waals surface area contributed by atoms with Crippen LogP contribution in [0.15, 0.2) is 61.9 Å². The number of carbonyl (C=O) groups is 1. The number of carbonyl (C=O) groups excluding carboxylic acids is 1. The highest BCUT2D eigenvalue weighted by atomic mass is 79.9. The molecule has 1 atom stereocenters. The van der Waals surface area contributed by atoms with Crippen LogP contribution in [-0.2, 0) is 9.53 Å². The molecule has 1 N–H and O–H groups in total. The topological polar surface area (TPSA) is 99.4 Å². The Morgan fingerprint density at radius 1 is 1.20 bits per heavy atom. The quantitative estimate of drug-likeness (QED) is 0.466. The van der Waals surface area contributed by atoms with Gasteiger partial charge in [-0.1, -0.05) is 23.5 Å². The molecular formula is C25H23BrN2O6S. The number of ether oxygens (including phenoxy) is 3. The van der Waals surface area contributed by atoms with Gasteiger partial charge in [0.05, 0.1) is 47.1 Å². The largest absolute Gasteiger partial charge is 0.504 e. The Labute approximate surface area is 213 Å². The van der Waals surface area contributed by atoms with Crippen LogP contribution in [0.1, 0.15) is 31.0 Å². The van der Waals surface area contributed by atoms with E-state index in [1.165, 1.54) is 29.1 Å². The maximum Gasteiger partial charge on any atom is 0.338 e. The van der Waals surface area contributed by atoms with Crippen molar-refractivity contribution in [1.29, 1.82) is 0 Å². The number of phenolic OH excluding ortho intramolecular Hbond substituents is 1. The van der Waals surface area contributed by atoms with E-state index in [1.54, 1.807) is 45.2 Å². The second kappa shape index (κ2) is 10.1. The van der Waals surface area contributed by atoms with Crippen molar-refractivity contribution in [3.05, 3.63) is 83.0 Å². The number of aromatic hydroxyl groups is 1. The first-order valence-corrected chi connectivity index (χ1v) is 12.3. The van der Waals surface area contributed by atoms with Gasteiger partial charge in [0, 0.05) is 0 Å². The maximum absolute atomic E-state index is 13.7. The van der Waals surface area contributed by atoms with Gasteiger partial charge in [-0.2, -0.15) is 0 Å². The highest BCUT2D eigenvalue weighted by Gasteiger charge is 2.33. The fourth-order valence-electron chi connectivity index (χ4n) is 3.90. The molecule has 2 heterocycles. The van der Waals surface area contributed by atoms with Crippen molar-refractivity contribution in [3.63, 3.8) is 0 Å². The fraction of sp³-hybridized carbons (Fsp3) is 0.240. The Morgan fingerprint density at radius 3 is 2.60 bits per heavy atom. The lowest BCUT2D eigenvalue weighted by Crippen LogP contribution is -2.39. The number of thiazole rings is 1. The average Bonchev–Trinajstić information content (AvgIpc) is 3.13. The SMILES string of the molecule is CCOC(=O)C1=C(C)N=c2s/c(=C/c3ccc(O)c(OC)c3)c(=O)n2[C@H]1c1ccc(OC)c(Br)c1. The minimum absolute atomic E-state index is 0.00546. The molecule has 0 radical (unpaired) electrons. The lowest BCUT2D eigenvalue weighted by molar-refractivity contribution is -0.139. The minimum atomic E-state index is -0.732. The number of fused-ring (bicyclic) bond motifs is 1. The van der Waals surface area contributed by atoms with Crippen molar-refractivity contribution in [2.24, 2.45) is 4.99 Å². The van der Waals surface area contributed by atoms with E-state index in [4.69, 9.17) is 14.2 Å². The van der Waals surface area contributed by atoms with Crippen LogP contribution >= 0.6 is 27.3 Å². The number of hydrogen-bond donors (Lipinski definition) is 1. The van der Waals surface area contributed by atoms with Gasteiger partial charge in [0.25, 0.3) is 5.56 Å². The molecule has 0 fully saturated rings. The molecule has 0 amide bonds. The summed E-state index contributed by atoms with van der Waals surface area (Å²) in [5.74, 6) is 0.405. The molecule has 0 unspecified atom stereocenters. The van der Waals surface area contributed by atoms with Gasteiger partial charge in [-0.15, -0.1) is 0 Å². The Morgan fingerprint density at radius 2 is 1.94 bits per heavy atom. The molecule has 182 valence electrons. The summed E-state index contributed by atoms with van der Waals surface area (Å²) in [6, 6.07) is 9.50. The molecule has 0 bridgehead atoms. The summed E-state index contributed by atoms with van der Waals surface area (Å²) in [5.41, 5.74) is 1.87. The summed E-state index contributed by atoms with van der Waals surface area (Å²) in [4.78, 5) is 31.7. The summed E-state index contributed by atoms with van der Waals surface area (Å²) >= 11 is 4.72. The van der Waals surface area contributed by atoms with Gasteiger partial charge < -0.3 is 19.3 Å². The number of benzene rings is 2. The van der Waals surface area contributed by atoms with E-state index in [1.807, 2.05) is 12.1 Å². The summed E-state index contributed by atoms with van der Waals surface area (Å²) in [5, 5.41) is 9.88. The van der Waals surface area contributed by atoms with E-state index >= 15 is 0 Å². The van der Waals surface area contributed by atoms with Crippen LogP contribution in [0.2, 0.25) is 0 Å². The van der Waals surface area contributed by atoms with Crippen molar-refractivity contribution in [1.82, 2.24) is 4.57 Å². The number of phenols is 1. The molecule has 1 aliphatic rings. The molecule has 0 saturated carbocycles. The van der Waals surface area contributed by atoms with Gasteiger partial charge in [0.2, 0.25) is 0 Å². The number of aromatic nitrogens is 1. The summed E-state index contributed by atoms with van der Waals surface area (Å²) in [7, 11) is 3.02. The van der Waals surface area contributed by atoms with E-state index < -0.39 is 12.0 Å².